The zero-order valence-electron chi connectivity index (χ0n) is 11.9. The molecule has 0 bridgehead atoms. The third kappa shape index (κ3) is 2.29. The van der Waals surface area contributed by atoms with Crippen molar-refractivity contribution < 1.29 is 4.79 Å². The van der Waals surface area contributed by atoms with Crippen LogP contribution in [-0.4, -0.2) is 40.4 Å². The second-order valence-electron chi connectivity index (χ2n) is 6.00. The number of hydrogen-bond donors (Lipinski definition) is 2. The Kier molecular flexibility index (Phi) is 3.22. The molecule has 1 aromatic carbocycles. The fraction of sp³-hybridized carbons (Fsp3) is 0.467. The highest BCUT2D eigenvalue weighted by Crippen LogP contribution is 2.28. The molecule has 5 nitrogen and oxygen atoms in total. The molecule has 1 aliphatic heterocycles. The molecule has 106 valence electrons. The van der Waals surface area contributed by atoms with E-state index in [-0.39, 0.29) is 0 Å². The molecule has 1 saturated heterocycles. The van der Waals surface area contributed by atoms with Gasteiger partial charge >= 0.3 is 0 Å². The van der Waals surface area contributed by atoms with Crippen LogP contribution in [0.4, 0.5) is 0 Å². The summed E-state index contributed by atoms with van der Waals surface area (Å²) in [7, 11) is 0. The van der Waals surface area contributed by atoms with Crippen LogP contribution in [0.2, 0.25) is 0 Å². The molecule has 0 atom stereocenters. The van der Waals surface area contributed by atoms with E-state index in [0.717, 1.165) is 31.0 Å². The predicted molar refractivity (Wildman–Crippen MR) is 78.6 cm³/mol. The number of carbonyl (C=O) groups is 1. The van der Waals surface area contributed by atoms with E-state index >= 15 is 0 Å². The number of nitrogens with two attached hydrogens (primary N) is 1. The van der Waals surface area contributed by atoms with Crippen LogP contribution in [0.15, 0.2) is 18.2 Å². The first-order chi connectivity index (χ1) is 9.54. The zero-order chi connectivity index (χ0) is 14.3. The summed E-state index contributed by atoms with van der Waals surface area (Å²) in [5.41, 5.74) is 7.46. The van der Waals surface area contributed by atoms with Crippen LogP contribution in [0.3, 0.4) is 0 Å². The Morgan fingerprint density at radius 1 is 1.50 bits per heavy atom. The summed E-state index contributed by atoms with van der Waals surface area (Å²) in [6.45, 7) is 7.65. The summed E-state index contributed by atoms with van der Waals surface area (Å²) in [6.07, 6.45) is 0. The van der Waals surface area contributed by atoms with Gasteiger partial charge in [0.2, 0.25) is 0 Å². The summed E-state index contributed by atoms with van der Waals surface area (Å²) >= 11 is 0. The molecule has 0 radical (unpaired) electrons. The fourth-order valence-corrected chi connectivity index (χ4v) is 2.85. The van der Waals surface area contributed by atoms with Gasteiger partial charge in [-0.05, 0) is 18.1 Å². The number of fused-ring (bicyclic) bond motifs is 1. The Labute approximate surface area is 118 Å². The molecule has 0 unspecified atom stereocenters. The Morgan fingerprint density at radius 2 is 2.25 bits per heavy atom. The molecule has 5 heteroatoms. The molecule has 2 heterocycles. The number of amides is 1. The summed E-state index contributed by atoms with van der Waals surface area (Å²) in [5.74, 6) is 1.66. The Hall–Kier alpha value is -1.88. The molecule has 0 spiro atoms. The minimum atomic E-state index is -0.427. The van der Waals surface area contributed by atoms with Crippen LogP contribution < -0.4 is 5.73 Å². The molecule has 1 aromatic heterocycles. The number of aromatic amines is 1. The van der Waals surface area contributed by atoms with Crippen LogP contribution >= 0.6 is 0 Å². The lowest BCUT2D eigenvalue weighted by Gasteiger charge is -2.39. The van der Waals surface area contributed by atoms with Gasteiger partial charge in [-0.3, -0.25) is 4.79 Å². The molecule has 1 fully saturated rings. The van der Waals surface area contributed by atoms with Gasteiger partial charge in [0.25, 0.3) is 5.91 Å². The van der Waals surface area contributed by atoms with Gasteiger partial charge in [0, 0.05) is 25.6 Å². The van der Waals surface area contributed by atoms with Crippen molar-refractivity contribution in [3.63, 3.8) is 0 Å². The largest absolute Gasteiger partial charge is 0.366 e. The maximum Gasteiger partial charge on any atom is 0.250 e. The van der Waals surface area contributed by atoms with Crippen molar-refractivity contribution in [3.05, 3.63) is 29.6 Å². The maximum atomic E-state index is 11.4. The first-order valence-electron chi connectivity index (χ1n) is 7.05. The highest BCUT2D eigenvalue weighted by molar-refractivity contribution is 6.04. The maximum absolute atomic E-state index is 11.4. The number of aromatic nitrogens is 2. The Morgan fingerprint density at radius 3 is 2.90 bits per heavy atom. The number of rotatable bonds is 4. The van der Waals surface area contributed by atoms with E-state index in [1.807, 2.05) is 12.1 Å². The second kappa shape index (κ2) is 4.90. The number of imidazole rings is 1. The van der Waals surface area contributed by atoms with E-state index in [0.29, 0.717) is 22.9 Å². The van der Waals surface area contributed by atoms with E-state index < -0.39 is 5.91 Å². The van der Waals surface area contributed by atoms with Crippen molar-refractivity contribution in [2.24, 2.45) is 11.7 Å². The SMILES string of the molecule is CC(C)CN1CC(c2nc3c(C(N)=O)cccc3[nH]2)C1. The molecule has 3 N–H and O–H groups in total. The summed E-state index contributed by atoms with van der Waals surface area (Å²) < 4.78 is 0. The standard InChI is InChI=1S/C15H20N4O/c1-9(2)6-19-7-10(8-19)15-17-12-5-3-4-11(14(16)20)13(12)18-15/h3-5,9-10H,6-8H2,1-2H3,(H2,16,20)(H,17,18). The minimum absolute atomic E-state index is 0.427. The smallest absolute Gasteiger partial charge is 0.250 e. The first kappa shape index (κ1) is 13.1. The first-order valence-corrected chi connectivity index (χ1v) is 7.05. The van der Waals surface area contributed by atoms with Crippen molar-refractivity contribution in [2.45, 2.75) is 19.8 Å². The molecule has 0 saturated carbocycles. The van der Waals surface area contributed by atoms with Gasteiger partial charge in [-0.15, -0.1) is 0 Å². The molecule has 3 rings (SSSR count). The number of nitrogens with zero attached hydrogens (tertiary/aromatic N) is 2. The zero-order valence-corrected chi connectivity index (χ0v) is 11.9. The number of hydrogen-bond acceptors (Lipinski definition) is 3. The van der Waals surface area contributed by atoms with E-state index in [1.165, 1.54) is 0 Å². The van der Waals surface area contributed by atoms with Crippen molar-refractivity contribution in [2.75, 3.05) is 19.6 Å². The average molecular weight is 272 g/mol. The second-order valence-corrected chi connectivity index (χ2v) is 6.00. The van der Waals surface area contributed by atoms with Crippen molar-refractivity contribution in [3.8, 4) is 0 Å². The lowest BCUT2D eigenvalue weighted by atomic mass is 9.98. The van der Waals surface area contributed by atoms with Crippen molar-refractivity contribution >= 4 is 16.9 Å². The average Bonchev–Trinajstić information content (AvgIpc) is 2.75. The van der Waals surface area contributed by atoms with Gasteiger partial charge in [0.15, 0.2) is 0 Å². The predicted octanol–water partition coefficient (Wildman–Crippen LogP) is 1.72. The van der Waals surface area contributed by atoms with Gasteiger partial charge < -0.3 is 15.6 Å². The molecular formula is C15H20N4O. The highest BCUT2D eigenvalue weighted by atomic mass is 16.1. The van der Waals surface area contributed by atoms with Gasteiger partial charge in [-0.2, -0.15) is 0 Å². The van der Waals surface area contributed by atoms with Crippen LogP contribution in [0.25, 0.3) is 11.0 Å². The summed E-state index contributed by atoms with van der Waals surface area (Å²) in [5, 5.41) is 0. The van der Waals surface area contributed by atoms with Crippen LogP contribution in [0, 0.1) is 5.92 Å². The normalized spacial score (nSPS) is 16.8. The molecule has 2 aromatic rings. The van der Waals surface area contributed by atoms with Crippen LogP contribution in [0.1, 0.15) is 35.9 Å². The number of para-hydroxylation sites is 1. The van der Waals surface area contributed by atoms with E-state index in [1.54, 1.807) is 6.07 Å². The minimum Gasteiger partial charge on any atom is -0.366 e. The summed E-state index contributed by atoms with van der Waals surface area (Å²) in [4.78, 5) is 21.7. The molecule has 1 aliphatic rings. The number of likely N-dealkylation sites (tertiary alicyclic amines) is 1. The highest BCUT2D eigenvalue weighted by Gasteiger charge is 2.30. The van der Waals surface area contributed by atoms with E-state index in [2.05, 4.69) is 28.7 Å². The van der Waals surface area contributed by atoms with Gasteiger partial charge in [-0.25, -0.2) is 4.98 Å². The quantitative estimate of drug-likeness (QED) is 0.889. The Balaban J connectivity index is 1.81. The molecule has 0 aliphatic carbocycles. The van der Waals surface area contributed by atoms with Gasteiger partial charge in [0.05, 0.1) is 11.1 Å². The molecule has 1 amide bonds. The third-order valence-corrected chi connectivity index (χ3v) is 3.76. The Bertz CT molecular complexity index is 640. The van der Waals surface area contributed by atoms with E-state index in [9.17, 15) is 4.79 Å². The number of primary amides is 1. The van der Waals surface area contributed by atoms with E-state index in [4.69, 9.17) is 5.73 Å². The monoisotopic (exact) mass is 272 g/mol. The van der Waals surface area contributed by atoms with Crippen LogP contribution in [-0.2, 0) is 0 Å². The van der Waals surface area contributed by atoms with Gasteiger partial charge in [0.1, 0.15) is 11.3 Å². The lowest BCUT2D eigenvalue weighted by molar-refractivity contribution is 0.100. The lowest BCUT2D eigenvalue weighted by Crippen LogP contribution is -2.46. The molecular weight excluding hydrogens is 252 g/mol. The van der Waals surface area contributed by atoms with Crippen molar-refractivity contribution in [1.82, 2.24) is 14.9 Å². The number of carbonyl (C=O) groups excluding carboxylic acids is 1. The number of benzene rings is 1. The van der Waals surface area contributed by atoms with Crippen LogP contribution in [0.5, 0.6) is 0 Å². The van der Waals surface area contributed by atoms with Crippen molar-refractivity contribution in [1.29, 1.82) is 0 Å². The number of nitrogens with one attached hydrogen (secondary N) is 1. The summed E-state index contributed by atoms with van der Waals surface area (Å²) in [6, 6.07) is 5.49. The fourth-order valence-electron chi connectivity index (χ4n) is 2.85. The van der Waals surface area contributed by atoms with Gasteiger partial charge in [-0.1, -0.05) is 19.9 Å². The topological polar surface area (TPSA) is 75.0 Å². The third-order valence-electron chi connectivity index (χ3n) is 3.76. The number of H-pyrrole nitrogens is 1. The molecule has 20 heavy (non-hydrogen) atoms.